The van der Waals surface area contributed by atoms with Crippen LogP contribution in [0, 0.1) is 5.41 Å². The average molecular weight is 272 g/mol. The van der Waals surface area contributed by atoms with Gasteiger partial charge >= 0.3 is 0 Å². The fourth-order valence-corrected chi connectivity index (χ4v) is 2.69. The molecule has 0 spiro atoms. The van der Waals surface area contributed by atoms with Gasteiger partial charge in [0, 0.05) is 26.8 Å². The zero-order chi connectivity index (χ0) is 14.3. The normalized spacial score (nSPS) is 18.6. The van der Waals surface area contributed by atoms with E-state index in [-0.39, 0.29) is 17.4 Å². The van der Waals surface area contributed by atoms with Crippen LogP contribution in [0.1, 0.15) is 26.7 Å². The van der Waals surface area contributed by atoms with E-state index in [1.54, 1.807) is 14.2 Å². The second-order valence-corrected chi connectivity index (χ2v) is 5.55. The van der Waals surface area contributed by atoms with E-state index < -0.39 is 0 Å². The first-order valence-electron chi connectivity index (χ1n) is 7.07. The van der Waals surface area contributed by atoms with E-state index in [0.29, 0.717) is 19.8 Å². The maximum absolute atomic E-state index is 12.9. The van der Waals surface area contributed by atoms with Gasteiger partial charge in [-0.15, -0.1) is 0 Å². The molecule has 0 radical (unpaired) electrons. The van der Waals surface area contributed by atoms with Crippen molar-refractivity contribution in [1.29, 1.82) is 0 Å². The molecule has 1 rings (SSSR count). The van der Waals surface area contributed by atoms with Crippen molar-refractivity contribution in [2.24, 2.45) is 5.41 Å². The molecular formula is C14H28N2O3. The van der Waals surface area contributed by atoms with E-state index in [0.717, 1.165) is 25.9 Å². The van der Waals surface area contributed by atoms with Crippen LogP contribution in [0.5, 0.6) is 0 Å². The van der Waals surface area contributed by atoms with Gasteiger partial charge in [-0.25, -0.2) is 0 Å². The lowest BCUT2D eigenvalue weighted by Crippen LogP contribution is -2.54. The maximum Gasteiger partial charge on any atom is 0.231 e. The van der Waals surface area contributed by atoms with Gasteiger partial charge < -0.3 is 19.7 Å². The highest BCUT2D eigenvalue weighted by Crippen LogP contribution is 2.32. The van der Waals surface area contributed by atoms with E-state index in [1.807, 2.05) is 4.90 Å². The summed E-state index contributed by atoms with van der Waals surface area (Å²) in [6.07, 6.45) is 1.69. The lowest BCUT2D eigenvalue weighted by molar-refractivity contribution is -0.150. The zero-order valence-electron chi connectivity index (χ0n) is 12.7. The van der Waals surface area contributed by atoms with Crippen molar-refractivity contribution < 1.29 is 14.3 Å². The molecule has 1 aliphatic heterocycles. The summed E-state index contributed by atoms with van der Waals surface area (Å²) in [5, 5.41) is 3.31. The van der Waals surface area contributed by atoms with Gasteiger partial charge in [-0.1, -0.05) is 0 Å². The van der Waals surface area contributed by atoms with Crippen LogP contribution in [0.25, 0.3) is 0 Å². The summed E-state index contributed by atoms with van der Waals surface area (Å²) in [6, 6.07) is 0.186. The Labute approximate surface area is 116 Å². The summed E-state index contributed by atoms with van der Waals surface area (Å²) in [5.41, 5.74) is -0.363. The molecular weight excluding hydrogens is 244 g/mol. The van der Waals surface area contributed by atoms with Crippen molar-refractivity contribution in [3.05, 3.63) is 0 Å². The third kappa shape index (κ3) is 4.16. The minimum absolute atomic E-state index is 0.186. The van der Waals surface area contributed by atoms with Crippen molar-refractivity contribution in [3.63, 3.8) is 0 Å². The number of amides is 1. The minimum atomic E-state index is -0.363. The Morgan fingerprint density at radius 1 is 1.26 bits per heavy atom. The number of hydrogen-bond acceptors (Lipinski definition) is 4. The lowest BCUT2D eigenvalue weighted by Gasteiger charge is -2.41. The van der Waals surface area contributed by atoms with E-state index in [4.69, 9.17) is 9.47 Å². The van der Waals surface area contributed by atoms with Crippen LogP contribution in [0.15, 0.2) is 0 Å². The van der Waals surface area contributed by atoms with Gasteiger partial charge in [0.05, 0.1) is 18.6 Å². The van der Waals surface area contributed by atoms with Gasteiger partial charge in [0.2, 0.25) is 5.91 Å². The number of methoxy groups -OCH3 is 2. The van der Waals surface area contributed by atoms with Crippen molar-refractivity contribution in [1.82, 2.24) is 10.2 Å². The molecule has 0 unspecified atom stereocenters. The molecule has 1 N–H and O–H groups in total. The zero-order valence-corrected chi connectivity index (χ0v) is 12.7. The third-order valence-corrected chi connectivity index (χ3v) is 3.86. The molecule has 0 aromatic rings. The number of piperidine rings is 1. The molecule has 0 bridgehead atoms. The number of carbonyl (C=O) groups excluding carboxylic acids is 1. The van der Waals surface area contributed by atoms with Gasteiger partial charge in [0.25, 0.3) is 0 Å². The Morgan fingerprint density at radius 3 is 2.37 bits per heavy atom. The van der Waals surface area contributed by atoms with Gasteiger partial charge in [-0.3, -0.25) is 4.79 Å². The second kappa shape index (κ2) is 7.82. The van der Waals surface area contributed by atoms with E-state index in [1.165, 1.54) is 0 Å². The standard InChI is InChI=1S/C14H28N2O3/c1-12(2)16(9-10-18-3)13(17)14(11-19-4)5-7-15-8-6-14/h12,15H,5-11H2,1-4H3. The van der Waals surface area contributed by atoms with E-state index in [2.05, 4.69) is 19.2 Å². The summed E-state index contributed by atoms with van der Waals surface area (Å²) < 4.78 is 10.4. The van der Waals surface area contributed by atoms with Crippen molar-refractivity contribution in [2.75, 3.05) is 47.1 Å². The fraction of sp³-hybridized carbons (Fsp3) is 0.929. The smallest absolute Gasteiger partial charge is 0.231 e. The number of nitrogens with zero attached hydrogens (tertiary/aromatic N) is 1. The molecule has 1 fully saturated rings. The first kappa shape index (κ1) is 16.4. The highest BCUT2D eigenvalue weighted by atomic mass is 16.5. The quantitative estimate of drug-likeness (QED) is 0.748. The van der Waals surface area contributed by atoms with Crippen LogP contribution < -0.4 is 5.32 Å². The highest BCUT2D eigenvalue weighted by molar-refractivity contribution is 5.83. The average Bonchev–Trinajstić information content (AvgIpc) is 2.40. The SMILES string of the molecule is COCCN(C(=O)C1(COC)CCNCC1)C(C)C. The predicted molar refractivity (Wildman–Crippen MR) is 75.1 cm³/mol. The predicted octanol–water partition coefficient (Wildman–Crippen LogP) is 0.886. The summed E-state index contributed by atoms with van der Waals surface area (Å²) >= 11 is 0. The topological polar surface area (TPSA) is 50.8 Å². The summed E-state index contributed by atoms with van der Waals surface area (Å²) in [4.78, 5) is 14.8. The van der Waals surface area contributed by atoms with E-state index >= 15 is 0 Å². The fourth-order valence-electron chi connectivity index (χ4n) is 2.69. The van der Waals surface area contributed by atoms with Gasteiger partial charge in [-0.05, 0) is 39.8 Å². The van der Waals surface area contributed by atoms with Gasteiger partial charge in [0.15, 0.2) is 0 Å². The summed E-state index contributed by atoms with van der Waals surface area (Å²) in [6.45, 7) is 7.59. The number of nitrogens with one attached hydrogen (secondary N) is 1. The molecule has 1 aliphatic rings. The summed E-state index contributed by atoms with van der Waals surface area (Å²) in [7, 11) is 3.34. The maximum atomic E-state index is 12.9. The Kier molecular flexibility index (Phi) is 6.75. The van der Waals surface area contributed by atoms with Crippen molar-refractivity contribution in [2.45, 2.75) is 32.7 Å². The van der Waals surface area contributed by atoms with Gasteiger partial charge in [-0.2, -0.15) is 0 Å². The van der Waals surface area contributed by atoms with Crippen LogP contribution in [0.2, 0.25) is 0 Å². The Morgan fingerprint density at radius 2 is 1.89 bits per heavy atom. The van der Waals surface area contributed by atoms with Gasteiger partial charge in [0.1, 0.15) is 0 Å². The van der Waals surface area contributed by atoms with Crippen LogP contribution in [0.3, 0.4) is 0 Å². The number of carbonyl (C=O) groups is 1. The molecule has 1 heterocycles. The number of ether oxygens (including phenoxy) is 2. The van der Waals surface area contributed by atoms with Crippen LogP contribution in [0.4, 0.5) is 0 Å². The molecule has 1 saturated heterocycles. The molecule has 5 nitrogen and oxygen atoms in total. The molecule has 0 aliphatic carbocycles. The Hall–Kier alpha value is -0.650. The molecule has 1 amide bonds. The van der Waals surface area contributed by atoms with Crippen molar-refractivity contribution in [3.8, 4) is 0 Å². The molecule has 0 aromatic heterocycles. The van der Waals surface area contributed by atoms with Crippen molar-refractivity contribution >= 4 is 5.91 Å². The van der Waals surface area contributed by atoms with Crippen LogP contribution >= 0.6 is 0 Å². The highest BCUT2D eigenvalue weighted by Gasteiger charge is 2.42. The molecule has 0 atom stereocenters. The largest absolute Gasteiger partial charge is 0.384 e. The monoisotopic (exact) mass is 272 g/mol. The first-order chi connectivity index (χ1) is 9.07. The van der Waals surface area contributed by atoms with E-state index in [9.17, 15) is 4.79 Å². The minimum Gasteiger partial charge on any atom is -0.384 e. The number of hydrogen-bond donors (Lipinski definition) is 1. The molecule has 0 saturated carbocycles. The second-order valence-electron chi connectivity index (χ2n) is 5.55. The Balaban J connectivity index is 2.82. The summed E-state index contributed by atoms with van der Waals surface area (Å²) in [5.74, 6) is 0.211. The molecule has 5 heteroatoms. The Bertz CT molecular complexity index is 270. The first-order valence-corrected chi connectivity index (χ1v) is 7.07. The molecule has 0 aromatic carbocycles. The van der Waals surface area contributed by atoms with Crippen LogP contribution in [-0.2, 0) is 14.3 Å². The molecule has 19 heavy (non-hydrogen) atoms. The van der Waals surface area contributed by atoms with Crippen LogP contribution in [-0.4, -0.2) is 63.9 Å². The number of rotatable bonds is 7. The lowest BCUT2D eigenvalue weighted by atomic mass is 9.78. The molecule has 112 valence electrons. The third-order valence-electron chi connectivity index (χ3n) is 3.86.